The van der Waals surface area contributed by atoms with E-state index in [-0.39, 0.29) is 12.0 Å². The lowest BCUT2D eigenvalue weighted by molar-refractivity contribution is -0.137. The number of imide groups is 1. The Labute approximate surface area is 156 Å². The number of halogens is 3. The predicted molar refractivity (Wildman–Crippen MR) is 92.6 cm³/mol. The molecule has 0 radical (unpaired) electrons. The third kappa shape index (κ3) is 4.36. The summed E-state index contributed by atoms with van der Waals surface area (Å²) in [6.45, 7) is -2.43. The Morgan fingerprint density at radius 1 is 1.19 bits per heavy atom. The molecule has 2 aromatic rings. The standard InChI is InChI=1S/C20H16F3NO3/c21-20(22,23)17-9-5-4-8-15(17)10-11-18(25)24-16(13-27-19(24)26)12-14-6-2-1-3-7-14/h1-11,16H,12-13H2/b11-10+/t16-/m0/s1/i13D2. The van der Waals surface area contributed by atoms with Gasteiger partial charge in [-0.3, -0.25) is 4.79 Å². The van der Waals surface area contributed by atoms with Gasteiger partial charge in [0.2, 0.25) is 0 Å². The summed E-state index contributed by atoms with van der Waals surface area (Å²) < 4.78 is 59.8. The Kier molecular flexibility index (Phi) is 4.57. The zero-order valence-electron chi connectivity index (χ0n) is 15.9. The average molecular weight is 377 g/mol. The van der Waals surface area contributed by atoms with Gasteiger partial charge in [0.25, 0.3) is 5.91 Å². The number of amides is 2. The van der Waals surface area contributed by atoms with E-state index in [1.54, 1.807) is 30.3 Å². The molecular weight excluding hydrogens is 359 g/mol. The molecule has 1 atom stereocenters. The molecule has 0 aromatic heterocycles. The SMILES string of the molecule is [2H]C1([2H])OC(=O)N(C(=O)/C=C/c2ccccc2C(F)(F)F)[C@H]1Cc1ccccc1. The van der Waals surface area contributed by atoms with E-state index < -0.39 is 36.3 Å². The average Bonchev–Trinajstić information content (AvgIpc) is 2.88. The summed E-state index contributed by atoms with van der Waals surface area (Å²) in [5, 5.41) is 0. The lowest BCUT2D eigenvalue weighted by Crippen LogP contribution is -2.39. The molecule has 2 amide bonds. The summed E-state index contributed by atoms with van der Waals surface area (Å²) in [4.78, 5) is 25.3. The fraction of sp³-hybridized carbons (Fsp3) is 0.200. The minimum atomic E-state index is -4.61. The Bertz CT molecular complexity index is 945. The van der Waals surface area contributed by atoms with Crippen LogP contribution in [0.2, 0.25) is 0 Å². The van der Waals surface area contributed by atoms with E-state index in [1.807, 2.05) is 0 Å². The molecule has 0 unspecified atom stereocenters. The van der Waals surface area contributed by atoms with Gasteiger partial charge >= 0.3 is 12.3 Å². The second-order valence-corrected chi connectivity index (χ2v) is 5.82. The van der Waals surface area contributed by atoms with E-state index in [0.717, 1.165) is 18.2 Å². The van der Waals surface area contributed by atoms with Crippen LogP contribution in [0.3, 0.4) is 0 Å². The number of carbonyl (C=O) groups excluding carboxylic acids is 2. The van der Waals surface area contributed by atoms with Crippen LogP contribution < -0.4 is 0 Å². The van der Waals surface area contributed by atoms with E-state index in [0.29, 0.717) is 10.5 Å². The number of nitrogens with zero attached hydrogens (tertiary/aromatic N) is 1. The fourth-order valence-corrected chi connectivity index (χ4v) is 2.70. The molecule has 1 fully saturated rings. The highest BCUT2D eigenvalue weighted by atomic mass is 19.4. The number of rotatable bonds is 4. The molecule has 4 nitrogen and oxygen atoms in total. The second-order valence-electron chi connectivity index (χ2n) is 5.82. The van der Waals surface area contributed by atoms with Gasteiger partial charge in [0.15, 0.2) is 0 Å². The summed E-state index contributed by atoms with van der Waals surface area (Å²) >= 11 is 0. The third-order valence-corrected chi connectivity index (χ3v) is 3.97. The van der Waals surface area contributed by atoms with E-state index in [4.69, 9.17) is 2.74 Å². The first kappa shape index (κ1) is 16.1. The predicted octanol–water partition coefficient (Wildman–Crippen LogP) is 4.31. The van der Waals surface area contributed by atoms with Gasteiger partial charge < -0.3 is 4.74 Å². The lowest BCUT2D eigenvalue weighted by Gasteiger charge is -2.18. The normalized spacial score (nSPS) is 20.3. The van der Waals surface area contributed by atoms with Crippen LogP contribution in [0.25, 0.3) is 6.08 Å². The van der Waals surface area contributed by atoms with Gasteiger partial charge in [0.05, 0.1) is 14.3 Å². The van der Waals surface area contributed by atoms with Crippen LogP contribution in [-0.2, 0) is 22.1 Å². The second kappa shape index (κ2) is 7.65. The van der Waals surface area contributed by atoms with Gasteiger partial charge in [-0.15, -0.1) is 0 Å². The highest BCUT2D eigenvalue weighted by Crippen LogP contribution is 2.32. The monoisotopic (exact) mass is 377 g/mol. The van der Waals surface area contributed by atoms with Gasteiger partial charge in [-0.2, -0.15) is 13.2 Å². The number of alkyl halides is 3. The van der Waals surface area contributed by atoms with E-state index in [1.165, 1.54) is 18.2 Å². The molecule has 1 aliphatic rings. The maximum Gasteiger partial charge on any atom is 0.417 e. The molecule has 0 saturated carbocycles. The number of hydrogen-bond donors (Lipinski definition) is 0. The van der Waals surface area contributed by atoms with Gasteiger partial charge in [-0.1, -0.05) is 48.5 Å². The number of carbonyl (C=O) groups is 2. The highest BCUT2D eigenvalue weighted by Gasteiger charge is 2.37. The Morgan fingerprint density at radius 2 is 1.85 bits per heavy atom. The van der Waals surface area contributed by atoms with Crippen molar-refractivity contribution in [3.8, 4) is 0 Å². The minimum Gasteiger partial charge on any atom is -0.447 e. The molecule has 0 aliphatic carbocycles. The number of hydrogen-bond acceptors (Lipinski definition) is 3. The molecule has 7 heteroatoms. The highest BCUT2D eigenvalue weighted by molar-refractivity contribution is 6.02. The molecule has 2 aromatic carbocycles. The van der Waals surface area contributed by atoms with Gasteiger partial charge in [0, 0.05) is 6.08 Å². The lowest BCUT2D eigenvalue weighted by atomic mass is 10.1. The summed E-state index contributed by atoms with van der Waals surface area (Å²) in [5.74, 6) is -0.964. The maximum absolute atomic E-state index is 13.1. The Hall–Kier alpha value is -3.09. The van der Waals surface area contributed by atoms with Crippen molar-refractivity contribution in [2.75, 3.05) is 6.56 Å². The van der Waals surface area contributed by atoms with Crippen LogP contribution in [0.5, 0.6) is 0 Å². The van der Waals surface area contributed by atoms with Crippen molar-refractivity contribution in [2.45, 2.75) is 18.6 Å². The van der Waals surface area contributed by atoms with Crippen LogP contribution in [0.15, 0.2) is 60.7 Å². The van der Waals surface area contributed by atoms with Crippen molar-refractivity contribution >= 4 is 18.1 Å². The quantitative estimate of drug-likeness (QED) is 0.746. The number of benzene rings is 2. The molecule has 0 N–H and O–H groups in total. The van der Waals surface area contributed by atoms with Gasteiger partial charge in [-0.05, 0) is 29.7 Å². The molecule has 27 heavy (non-hydrogen) atoms. The van der Waals surface area contributed by atoms with Gasteiger partial charge in [0.1, 0.15) is 6.56 Å². The molecular formula is C20H16F3NO3. The molecule has 3 rings (SSSR count). The first-order valence-electron chi connectivity index (χ1n) is 9.04. The van der Waals surface area contributed by atoms with E-state index in [2.05, 4.69) is 4.74 Å². The summed E-state index contributed by atoms with van der Waals surface area (Å²) in [6, 6.07) is 12.1. The first-order chi connectivity index (χ1) is 13.6. The zero-order valence-corrected chi connectivity index (χ0v) is 13.9. The Morgan fingerprint density at radius 3 is 2.56 bits per heavy atom. The van der Waals surface area contributed by atoms with Crippen LogP contribution in [0.4, 0.5) is 18.0 Å². The molecule has 1 saturated heterocycles. The maximum atomic E-state index is 13.1. The number of cyclic esters (lactones) is 1. The smallest absolute Gasteiger partial charge is 0.417 e. The topological polar surface area (TPSA) is 46.6 Å². The fourth-order valence-electron chi connectivity index (χ4n) is 2.70. The van der Waals surface area contributed by atoms with Crippen LogP contribution >= 0.6 is 0 Å². The molecule has 140 valence electrons. The molecule has 0 spiro atoms. The zero-order chi connectivity index (χ0) is 21.2. The van der Waals surface area contributed by atoms with Crippen molar-refractivity contribution in [2.24, 2.45) is 0 Å². The summed E-state index contributed by atoms with van der Waals surface area (Å²) in [5.41, 5.74) is -0.503. The van der Waals surface area contributed by atoms with Gasteiger partial charge in [-0.25, -0.2) is 9.69 Å². The molecule has 1 aliphatic heterocycles. The van der Waals surface area contributed by atoms with Crippen molar-refractivity contribution in [3.63, 3.8) is 0 Å². The minimum absolute atomic E-state index is 0.00169. The van der Waals surface area contributed by atoms with E-state index >= 15 is 0 Å². The van der Waals surface area contributed by atoms with Crippen LogP contribution in [-0.4, -0.2) is 29.5 Å². The summed E-state index contributed by atoms with van der Waals surface area (Å²) in [7, 11) is 0. The van der Waals surface area contributed by atoms with Crippen molar-refractivity contribution in [1.82, 2.24) is 4.90 Å². The Balaban J connectivity index is 1.87. The third-order valence-electron chi connectivity index (χ3n) is 3.97. The summed E-state index contributed by atoms with van der Waals surface area (Å²) in [6.07, 6.45) is -4.03. The van der Waals surface area contributed by atoms with Crippen LogP contribution in [0, 0.1) is 0 Å². The first-order valence-corrected chi connectivity index (χ1v) is 8.04. The van der Waals surface area contributed by atoms with Crippen molar-refractivity contribution in [3.05, 3.63) is 77.4 Å². The van der Waals surface area contributed by atoms with Crippen molar-refractivity contribution < 1.29 is 30.2 Å². The largest absolute Gasteiger partial charge is 0.447 e. The van der Waals surface area contributed by atoms with Crippen molar-refractivity contribution in [1.29, 1.82) is 0 Å². The van der Waals surface area contributed by atoms with E-state index in [9.17, 15) is 22.8 Å². The molecule has 1 heterocycles. The molecule has 0 bridgehead atoms. The van der Waals surface area contributed by atoms with Crippen LogP contribution in [0.1, 0.15) is 19.4 Å². The number of ether oxygens (including phenoxy) is 1.